The lowest BCUT2D eigenvalue weighted by atomic mass is 9.79. The Kier molecular flexibility index (Phi) is 6.03. The summed E-state index contributed by atoms with van der Waals surface area (Å²) in [6.45, 7) is 13.9. The highest BCUT2D eigenvalue weighted by Gasteiger charge is 2.35. The van der Waals surface area contributed by atoms with E-state index in [4.69, 9.17) is 0 Å². The summed E-state index contributed by atoms with van der Waals surface area (Å²) >= 11 is 0. The third kappa shape index (κ3) is 4.11. The lowest BCUT2D eigenvalue weighted by molar-refractivity contribution is -0.112. The van der Waals surface area contributed by atoms with E-state index in [0.29, 0.717) is 5.92 Å². The normalized spacial score (nSPS) is 17.8. The fraction of sp³-hybridized carbons (Fsp3) is 0.385. The SMILES string of the molecule is CCN1c2ccc(/C=C(/C#N)C(=O)Nc3cccc(C)c3C)cc2[C@H](C)CC1(C)C. The largest absolute Gasteiger partial charge is 0.366 e. The molecule has 30 heavy (non-hydrogen) atoms. The summed E-state index contributed by atoms with van der Waals surface area (Å²) in [5.74, 6) is 0.0359. The predicted octanol–water partition coefficient (Wildman–Crippen LogP) is 5.96. The fourth-order valence-corrected chi connectivity index (χ4v) is 4.59. The Morgan fingerprint density at radius 1 is 1.30 bits per heavy atom. The number of nitrogens with one attached hydrogen (secondary N) is 1. The standard InChI is InChI=1S/C26H31N3O/c1-7-29-24-12-11-20(14-22(24)18(3)15-26(29,5)6)13-21(16-27)25(30)28-23-10-8-9-17(2)19(23)4/h8-14,18H,7,15H2,1-6H3,(H,28,30)/b21-13-/t18-/m1/s1. The van der Waals surface area contributed by atoms with Gasteiger partial charge in [-0.1, -0.05) is 25.1 Å². The number of amides is 1. The molecular weight excluding hydrogens is 370 g/mol. The maximum Gasteiger partial charge on any atom is 0.266 e. The molecule has 0 aliphatic carbocycles. The highest BCUT2D eigenvalue weighted by Crippen LogP contribution is 2.43. The van der Waals surface area contributed by atoms with Crippen LogP contribution in [0.4, 0.5) is 11.4 Å². The van der Waals surface area contributed by atoms with Crippen molar-refractivity contribution in [3.63, 3.8) is 0 Å². The first-order chi connectivity index (χ1) is 14.2. The van der Waals surface area contributed by atoms with E-state index in [2.05, 4.69) is 56.1 Å². The Morgan fingerprint density at radius 3 is 2.70 bits per heavy atom. The summed E-state index contributed by atoms with van der Waals surface area (Å²) in [4.78, 5) is 15.2. The van der Waals surface area contributed by atoms with Crippen LogP contribution in [-0.2, 0) is 4.79 Å². The van der Waals surface area contributed by atoms with Crippen LogP contribution in [0.5, 0.6) is 0 Å². The van der Waals surface area contributed by atoms with Gasteiger partial charge in [0.05, 0.1) is 0 Å². The molecule has 2 aromatic carbocycles. The average Bonchev–Trinajstić information content (AvgIpc) is 2.69. The lowest BCUT2D eigenvalue weighted by Gasteiger charge is -2.47. The number of anilines is 2. The molecule has 4 nitrogen and oxygen atoms in total. The van der Waals surface area contributed by atoms with E-state index in [9.17, 15) is 10.1 Å². The van der Waals surface area contributed by atoms with E-state index < -0.39 is 0 Å². The van der Waals surface area contributed by atoms with Crippen LogP contribution in [0.3, 0.4) is 0 Å². The third-order valence-corrected chi connectivity index (χ3v) is 6.25. The molecule has 2 aromatic rings. The summed E-state index contributed by atoms with van der Waals surface area (Å²) in [6, 6.07) is 14.1. The number of nitriles is 1. The highest BCUT2D eigenvalue weighted by molar-refractivity contribution is 6.10. The van der Waals surface area contributed by atoms with Crippen molar-refractivity contribution in [3.8, 4) is 6.07 Å². The van der Waals surface area contributed by atoms with Crippen molar-refractivity contribution >= 4 is 23.4 Å². The molecule has 0 fully saturated rings. The third-order valence-electron chi connectivity index (χ3n) is 6.25. The zero-order valence-electron chi connectivity index (χ0n) is 18.8. The Bertz CT molecular complexity index is 1040. The molecule has 1 aliphatic heterocycles. The van der Waals surface area contributed by atoms with Gasteiger partial charge in [0.2, 0.25) is 0 Å². The molecule has 1 N–H and O–H groups in total. The topological polar surface area (TPSA) is 56.1 Å². The fourth-order valence-electron chi connectivity index (χ4n) is 4.59. The molecule has 4 heteroatoms. The van der Waals surface area contributed by atoms with Gasteiger partial charge in [-0.15, -0.1) is 0 Å². The monoisotopic (exact) mass is 401 g/mol. The second-order valence-electron chi connectivity index (χ2n) is 8.85. The molecule has 0 unspecified atom stereocenters. The Labute approximate surface area is 180 Å². The molecule has 0 saturated heterocycles. The van der Waals surface area contributed by atoms with Crippen LogP contribution in [-0.4, -0.2) is 18.0 Å². The van der Waals surface area contributed by atoms with Gasteiger partial charge in [0, 0.05) is 23.5 Å². The maximum atomic E-state index is 12.7. The van der Waals surface area contributed by atoms with E-state index in [1.54, 1.807) is 6.08 Å². The number of carbonyl (C=O) groups is 1. The second-order valence-corrected chi connectivity index (χ2v) is 8.85. The van der Waals surface area contributed by atoms with Crippen molar-refractivity contribution in [1.82, 2.24) is 0 Å². The first-order valence-corrected chi connectivity index (χ1v) is 10.6. The van der Waals surface area contributed by atoms with E-state index in [1.165, 1.54) is 11.3 Å². The minimum absolute atomic E-state index is 0.104. The smallest absolute Gasteiger partial charge is 0.266 e. The number of hydrogen-bond acceptors (Lipinski definition) is 3. The Balaban J connectivity index is 1.92. The molecule has 0 spiro atoms. The summed E-state index contributed by atoms with van der Waals surface area (Å²) in [7, 11) is 0. The summed E-state index contributed by atoms with van der Waals surface area (Å²) in [5, 5.41) is 12.5. The van der Waals surface area contributed by atoms with Gasteiger partial charge < -0.3 is 10.2 Å². The molecule has 1 aliphatic rings. The molecular formula is C26H31N3O. The van der Waals surface area contributed by atoms with E-state index >= 15 is 0 Å². The second kappa shape index (κ2) is 8.36. The summed E-state index contributed by atoms with van der Waals surface area (Å²) < 4.78 is 0. The van der Waals surface area contributed by atoms with Gasteiger partial charge in [-0.2, -0.15) is 5.26 Å². The number of carbonyl (C=O) groups excluding carboxylic acids is 1. The number of aryl methyl sites for hydroxylation is 1. The van der Waals surface area contributed by atoms with E-state index in [1.807, 2.05) is 38.1 Å². The number of fused-ring (bicyclic) bond motifs is 1. The molecule has 0 radical (unpaired) electrons. The highest BCUT2D eigenvalue weighted by atomic mass is 16.1. The molecule has 0 aromatic heterocycles. The Hall–Kier alpha value is -3.06. The van der Waals surface area contributed by atoms with Crippen LogP contribution >= 0.6 is 0 Å². The van der Waals surface area contributed by atoms with Crippen molar-refractivity contribution < 1.29 is 4.79 Å². The number of hydrogen-bond donors (Lipinski definition) is 1. The van der Waals surface area contributed by atoms with Gasteiger partial charge in [-0.3, -0.25) is 4.79 Å². The van der Waals surface area contributed by atoms with E-state index in [-0.39, 0.29) is 17.0 Å². The minimum Gasteiger partial charge on any atom is -0.366 e. The van der Waals surface area contributed by atoms with Gasteiger partial charge in [0.15, 0.2) is 0 Å². The van der Waals surface area contributed by atoms with Crippen molar-refractivity contribution in [3.05, 3.63) is 64.2 Å². The minimum atomic E-state index is -0.381. The van der Waals surface area contributed by atoms with Crippen LogP contribution in [0.1, 0.15) is 62.3 Å². The quantitative estimate of drug-likeness (QED) is 0.508. The summed E-state index contributed by atoms with van der Waals surface area (Å²) in [5.41, 5.74) is 6.46. The predicted molar refractivity (Wildman–Crippen MR) is 125 cm³/mol. The van der Waals surface area contributed by atoms with Gasteiger partial charge in [-0.05, 0) is 93.5 Å². The van der Waals surface area contributed by atoms with Crippen molar-refractivity contribution in [1.29, 1.82) is 5.26 Å². The Morgan fingerprint density at radius 2 is 2.03 bits per heavy atom. The number of benzene rings is 2. The van der Waals surface area contributed by atoms with Crippen LogP contribution in [0.15, 0.2) is 42.0 Å². The van der Waals surface area contributed by atoms with Crippen LogP contribution in [0.25, 0.3) is 6.08 Å². The molecule has 0 bridgehead atoms. The molecule has 0 saturated carbocycles. The maximum absolute atomic E-state index is 12.7. The lowest BCUT2D eigenvalue weighted by Crippen LogP contribution is -2.48. The van der Waals surface area contributed by atoms with Crippen LogP contribution < -0.4 is 10.2 Å². The van der Waals surface area contributed by atoms with Gasteiger partial charge in [0.25, 0.3) is 5.91 Å². The van der Waals surface area contributed by atoms with Crippen LogP contribution in [0.2, 0.25) is 0 Å². The van der Waals surface area contributed by atoms with Gasteiger partial charge >= 0.3 is 0 Å². The van der Waals surface area contributed by atoms with Gasteiger partial charge in [-0.25, -0.2) is 0 Å². The molecule has 156 valence electrons. The van der Waals surface area contributed by atoms with Crippen LogP contribution in [0, 0.1) is 25.2 Å². The zero-order valence-corrected chi connectivity index (χ0v) is 18.8. The van der Waals surface area contributed by atoms with Crippen molar-refractivity contribution in [2.75, 3.05) is 16.8 Å². The molecule has 1 atom stereocenters. The van der Waals surface area contributed by atoms with Gasteiger partial charge in [0.1, 0.15) is 11.6 Å². The number of nitrogens with zero attached hydrogens (tertiary/aromatic N) is 2. The molecule has 1 heterocycles. The first-order valence-electron chi connectivity index (χ1n) is 10.6. The van der Waals surface area contributed by atoms with E-state index in [0.717, 1.165) is 35.3 Å². The zero-order chi connectivity index (χ0) is 22.1. The van der Waals surface area contributed by atoms with Crippen molar-refractivity contribution in [2.24, 2.45) is 0 Å². The van der Waals surface area contributed by atoms with Crippen molar-refractivity contribution in [2.45, 2.75) is 59.4 Å². The average molecular weight is 402 g/mol. The molecule has 3 rings (SSSR count). The first kappa shape index (κ1) is 21.6. The number of rotatable bonds is 4. The molecule has 1 amide bonds. The summed E-state index contributed by atoms with van der Waals surface area (Å²) in [6.07, 6.45) is 2.75.